The molecule has 1 saturated heterocycles. The molecule has 0 aromatic heterocycles. The quantitative estimate of drug-likeness (QED) is 0.224. The van der Waals surface area contributed by atoms with Gasteiger partial charge in [-0.3, -0.25) is 0 Å². The van der Waals surface area contributed by atoms with E-state index in [1.165, 1.54) is 4.90 Å². The molecule has 0 amide bonds. The van der Waals surface area contributed by atoms with E-state index in [-0.39, 0.29) is 12.0 Å². The number of hydrogen-bond donors (Lipinski definition) is 3. The fourth-order valence-corrected chi connectivity index (χ4v) is 1.66. The monoisotopic (exact) mass is 217 g/mol. The Morgan fingerprint density at radius 2 is 2.47 bits per heavy atom. The fraction of sp³-hybridized carbons (Fsp3) is 0.857. The van der Waals surface area contributed by atoms with Gasteiger partial charge in [-0.15, -0.1) is 0 Å². The minimum Gasteiger partial charge on any atom is -0.372 e. The molecule has 1 heterocycles. The van der Waals surface area contributed by atoms with E-state index in [4.69, 9.17) is 5.73 Å². The van der Waals surface area contributed by atoms with Crippen LogP contribution in [0.2, 0.25) is 0 Å². The molecule has 8 nitrogen and oxygen atoms in total. The van der Waals surface area contributed by atoms with Crippen molar-refractivity contribution >= 4 is 5.96 Å². The zero-order chi connectivity index (χ0) is 11.4. The maximum atomic E-state index is 10.1. The highest BCUT2D eigenvalue weighted by Gasteiger charge is 2.30. The number of nitro groups is 1. The summed E-state index contributed by atoms with van der Waals surface area (Å²) in [5.41, 5.74) is 5.40. The second-order valence-electron chi connectivity index (χ2n) is 3.34. The van der Waals surface area contributed by atoms with Crippen molar-refractivity contribution in [3.63, 3.8) is 0 Å². The first kappa shape index (κ1) is 11.7. The summed E-state index contributed by atoms with van der Waals surface area (Å²) in [7, 11) is 1.72. The third-order valence-corrected chi connectivity index (χ3v) is 2.44. The number of aliphatic hydroxyl groups excluding tert-OH is 1. The molecule has 0 spiro atoms. The third-order valence-electron chi connectivity index (χ3n) is 2.44. The predicted molar refractivity (Wildman–Crippen MR) is 53.4 cm³/mol. The lowest BCUT2D eigenvalue weighted by molar-refractivity contribution is -0.486. The number of likely N-dealkylation sites (N-methyl/N-ethyl adjacent to an activating group) is 1. The highest BCUT2D eigenvalue weighted by molar-refractivity contribution is 5.77. The van der Waals surface area contributed by atoms with Crippen LogP contribution in [0, 0.1) is 10.1 Å². The summed E-state index contributed by atoms with van der Waals surface area (Å²) < 4.78 is 0. The Morgan fingerprint density at radius 1 is 1.80 bits per heavy atom. The summed E-state index contributed by atoms with van der Waals surface area (Å²) in [6.45, 7) is 0.475. The number of rotatable bonds is 2. The Morgan fingerprint density at radius 3 is 3.00 bits per heavy atom. The van der Waals surface area contributed by atoms with Crippen molar-refractivity contribution in [1.82, 2.24) is 10.2 Å². The van der Waals surface area contributed by atoms with Gasteiger partial charge < -0.3 is 21.1 Å². The molecule has 15 heavy (non-hydrogen) atoms. The number of hydrogen-bond acceptors (Lipinski definition) is 4. The van der Waals surface area contributed by atoms with Gasteiger partial charge in [0.2, 0.25) is 0 Å². The second kappa shape index (κ2) is 4.89. The molecule has 0 bridgehead atoms. The zero-order valence-corrected chi connectivity index (χ0v) is 8.46. The molecule has 8 heteroatoms. The molecule has 1 fully saturated rings. The van der Waals surface area contributed by atoms with Crippen LogP contribution in [-0.4, -0.2) is 46.9 Å². The summed E-state index contributed by atoms with van der Waals surface area (Å²) in [6.07, 6.45) is 0.739. The van der Waals surface area contributed by atoms with E-state index in [0.717, 1.165) is 12.8 Å². The molecule has 4 N–H and O–H groups in total. The van der Waals surface area contributed by atoms with Crippen molar-refractivity contribution in [2.75, 3.05) is 13.6 Å². The lowest BCUT2D eigenvalue weighted by Crippen LogP contribution is -2.57. The average molecular weight is 217 g/mol. The highest BCUT2D eigenvalue weighted by Crippen LogP contribution is 2.15. The van der Waals surface area contributed by atoms with Gasteiger partial charge >= 0.3 is 0 Å². The lowest BCUT2D eigenvalue weighted by atomic mass is 10.0. The molecule has 2 atom stereocenters. The molecule has 0 saturated carbocycles. The van der Waals surface area contributed by atoms with E-state index in [0.29, 0.717) is 6.54 Å². The van der Waals surface area contributed by atoms with Crippen molar-refractivity contribution in [1.29, 1.82) is 0 Å². The number of nitrogens with zero attached hydrogens (tertiary/aromatic N) is 3. The summed E-state index contributed by atoms with van der Waals surface area (Å²) >= 11 is 0. The smallest absolute Gasteiger partial charge is 0.270 e. The van der Waals surface area contributed by atoms with Crippen LogP contribution in [0.3, 0.4) is 0 Å². The zero-order valence-electron chi connectivity index (χ0n) is 8.46. The van der Waals surface area contributed by atoms with E-state index < -0.39 is 11.3 Å². The molecular weight excluding hydrogens is 202 g/mol. The summed E-state index contributed by atoms with van der Waals surface area (Å²) in [4.78, 5) is 11.5. The van der Waals surface area contributed by atoms with Crippen LogP contribution >= 0.6 is 0 Å². The Bertz CT molecular complexity index is 269. The molecule has 1 rings (SSSR count). The molecule has 0 radical (unpaired) electrons. The standard InChI is InChI=1S/C7H15N5O3/c1-9-5-3-2-4-11(6(5)13)7(8)10-12(14)15/h5-6,9,13H,2-4H2,1H3,(H2,8,10). The molecule has 1 aliphatic rings. The first-order chi connectivity index (χ1) is 7.06. The normalized spacial score (nSPS) is 27.9. The second-order valence-corrected chi connectivity index (χ2v) is 3.34. The van der Waals surface area contributed by atoms with Crippen LogP contribution in [0.4, 0.5) is 0 Å². The molecule has 86 valence electrons. The Hall–Kier alpha value is -1.41. The van der Waals surface area contributed by atoms with E-state index in [2.05, 4.69) is 10.4 Å². The first-order valence-electron chi connectivity index (χ1n) is 4.66. The minimum absolute atomic E-state index is 0.140. The third kappa shape index (κ3) is 2.77. The maximum absolute atomic E-state index is 10.1. The van der Waals surface area contributed by atoms with Crippen molar-refractivity contribution in [3.8, 4) is 0 Å². The minimum atomic E-state index is -0.870. The van der Waals surface area contributed by atoms with Gasteiger partial charge in [-0.05, 0) is 19.9 Å². The van der Waals surface area contributed by atoms with Gasteiger partial charge in [-0.1, -0.05) is 0 Å². The molecule has 0 aromatic rings. The Balaban J connectivity index is 2.72. The van der Waals surface area contributed by atoms with Gasteiger partial charge in [0.1, 0.15) is 11.3 Å². The lowest BCUT2D eigenvalue weighted by Gasteiger charge is -2.37. The Kier molecular flexibility index (Phi) is 3.81. The van der Waals surface area contributed by atoms with Gasteiger partial charge in [-0.2, -0.15) is 0 Å². The fourth-order valence-electron chi connectivity index (χ4n) is 1.66. The van der Waals surface area contributed by atoms with Crippen LogP contribution in [0.25, 0.3) is 0 Å². The number of aliphatic hydroxyl groups is 1. The summed E-state index contributed by atoms with van der Waals surface area (Å²) in [5.74, 6) is -0.257. The van der Waals surface area contributed by atoms with Crippen LogP contribution in [0.1, 0.15) is 12.8 Å². The highest BCUT2D eigenvalue weighted by atomic mass is 16.7. The predicted octanol–water partition coefficient (Wildman–Crippen LogP) is -1.50. The van der Waals surface area contributed by atoms with E-state index in [9.17, 15) is 15.2 Å². The van der Waals surface area contributed by atoms with Crippen molar-refractivity contribution < 1.29 is 10.1 Å². The van der Waals surface area contributed by atoms with Gasteiger partial charge in [0.25, 0.3) is 5.96 Å². The molecule has 0 aromatic carbocycles. The van der Waals surface area contributed by atoms with Crippen molar-refractivity contribution in [2.24, 2.45) is 10.8 Å². The van der Waals surface area contributed by atoms with Gasteiger partial charge in [0.05, 0.1) is 6.04 Å². The summed E-state index contributed by atoms with van der Waals surface area (Å²) in [5, 5.41) is 24.9. The number of likely N-dealkylation sites (tertiary alicyclic amines) is 1. The largest absolute Gasteiger partial charge is 0.372 e. The number of piperidine rings is 1. The van der Waals surface area contributed by atoms with Crippen molar-refractivity contribution in [3.05, 3.63) is 10.1 Å². The SMILES string of the molecule is CNC1CCCN(/C(N)=N/[N+](=O)[O-])C1O. The number of nitrogens with one attached hydrogen (secondary N) is 1. The van der Waals surface area contributed by atoms with Crippen LogP contribution < -0.4 is 11.1 Å². The maximum Gasteiger partial charge on any atom is 0.270 e. The molecule has 1 aliphatic heterocycles. The van der Waals surface area contributed by atoms with E-state index in [1.807, 2.05) is 0 Å². The van der Waals surface area contributed by atoms with E-state index >= 15 is 0 Å². The van der Waals surface area contributed by atoms with Crippen molar-refractivity contribution in [2.45, 2.75) is 25.1 Å². The van der Waals surface area contributed by atoms with Gasteiger partial charge in [-0.25, -0.2) is 10.1 Å². The average Bonchev–Trinajstić information content (AvgIpc) is 2.17. The Labute approximate surface area is 86.9 Å². The topological polar surface area (TPSA) is 117 Å². The van der Waals surface area contributed by atoms with Gasteiger partial charge in [0.15, 0.2) is 5.03 Å². The van der Waals surface area contributed by atoms with Gasteiger partial charge in [0, 0.05) is 6.54 Å². The molecular formula is C7H15N5O3. The summed E-state index contributed by atoms with van der Waals surface area (Å²) in [6, 6.07) is -0.140. The molecule has 2 unspecified atom stereocenters. The molecule has 0 aliphatic carbocycles. The number of hydrazone groups is 1. The van der Waals surface area contributed by atoms with E-state index in [1.54, 1.807) is 7.05 Å². The number of nitrogens with two attached hydrogens (primary N) is 1. The number of guanidine groups is 1. The van der Waals surface area contributed by atoms with Crippen LogP contribution in [-0.2, 0) is 0 Å². The first-order valence-corrected chi connectivity index (χ1v) is 4.66. The van der Waals surface area contributed by atoms with Crippen LogP contribution in [0.5, 0.6) is 0 Å². The van der Waals surface area contributed by atoms with Crippen LogP contribution in [0.15, 0.2) is 5.10 Å².